The third-order valence-corrected chi connectivity index (χ3v) is 5.70. The Morgan fingerprint density at radius 3 is 2.39 bits per heavy atom. The number of halogens is 1. The van der Waals surface area contributed by atoms with Gasteiger partial charge in [-0.3, -0.25) is 9.59 Å². The molecule has 3 aromatic carbocycles. The summed E-state index contributed by atoms with van der Waals surface area (Å²) >= 11 is 3.39. The van der Waals surface area contributed by atoms with Crippen LogP contribution in [0.4, 0.5) is 5.69 Å². The summed E-state index contributed by atoms with van der Waals surface area (Å²) in [5, 5.41) is 5.79. The number of carbonyl (C=O) groups excluding carboxylic acids is 2. The van der Waals surface area contributed by atoms with Gasteiger partial charge in [0.1, 0.15) is 5.82 Å². The molecule has 0 unspecified atom stereocenters. The predicted octanol–water partition coefficient (Wildman–Crippen LogP) is 4.79. The molecule has 0 aliphatic carbocycles. The van der Waals surface area contributed by atoms with Crippen LogP contribution in [0.1, 0.15) is 26.5 Å². The Labute approximate surface area is 188 Å². The van der Waals surface area contributed by atoms with Gasteiger partial charge < -0.3 is 15.2 Å². The van der Waals surface area contributed by atoms with Crippen LogP contribution in [0.2, 0.25) is 0 Å². The molecule has 2 N–H and O–H groups in total. The molecule has 0 saturated heterocycles. The lowest BCUT2D eigenvalue weighted by molar-refractivity contribution is 0.0953. The fourth-order valence-electron chi connectivity index (χ4n) is 3.48. The number of nitrogens with one attached hydrogen (secondary N) is 2. The fraction of sp³-hybridized carbons (Fsp3) is 0.125. The molecule has 1 aromatic heterocycles. The molecule has 0 aliphatic rings. The predicted molar refractivity (Wildman–Crippen MR) is 125 cm³/mol. The van der Waals surface area contributed by atoms with E-state index in [4.69, 9.17) is 0 Å². The molecule has 0 bridgehead atoms. The van der Waals surface area contributed by atoms with Crippen LogP contribution in [-0.2, 0) is 6.54 Å². The molecule has 2 amide bonds. The Kier molecular flexibility index (Phi) is 6.13. The van der Waals surface area contributed by atoms with Crippen molar-refractivity contribution in [3.63, 3.8) is 0 Å². The summed E-state index contributed by atoms with van der Waals surface area (Å²) in [5.74, 6) is 0.370. The average Bonchev–Trinajstić information content (AvgIpc) is 3.09. The third-order valence-electron chi connectivity index (χ3n) is 5.00. The monoisotopic (exact) mass is 476 g/mol. The van der Waals surface area contributed by atoms with E-state index in [0.717, 1.165) is 16.9 Å². The SMILES string of the molecule is Cc1nc2ccccc2n1CCNC(=O)c1ccccc1NC(=O)c1ccccc1Br. The Balaban J connectivity index is 1.45. The van der Waals surface area contributed by atoms with Gasteiger partial charge in [-0.15, -0.1) is 0 Å². The topological polar surface area (TPSA) is 76.0 Å². The number of benzene rings is 3. The molecule has 4 aromatic rings. The van der Waals surface area contributed by atoms with Crippen molar-refractivity contribution in [1.82, 2.24) is 14.9 Å². The van der Waals surface area contributed by atoms with Crippen LogP contribution in [0.3, 0.4) is 0 Å². The van der Waals surface area contributed by atoms with E-state index in [2.05, 4.69) is 36.1 Å². The van der Waals surface area contributed by atoms with Crippen molar-refractivity contribution in [3.8, 4) is 0 Å². The minimum Gasteiger partial charge on any atom is -0.350 e. The largest absolute Gasteiger partial charge is 0.350 e. The van der Waals surface area contributed by atoms with Crippen LogP contribution >= 0.6 is 15.9 Å². The lowest BCUT2D eigenvalue weighted by Crippen LogP contribution is -2.28. The van der Waals surface area contributed by atoms with Gasteiger partial charge in [0.05, 0.1) is 27.8 Å². The number of aromatic nitrogens is 2. The highest BCUT2D eigenvalue weighted by Gasteiger charge is 2.15. The van der Waals surface area contributed by atoms with Gasteiger partial charge in [0.2, 0.25) is 0 Å². The number of aryl methyl sites for hydroxylation is 1. The van der Waals surface area contributed by atoms with Gasteiger partial charge in [-0.25, -0.2) is 4.98 Å². The molecule has 0 fully saturated rings. The molecular formula is C24H21BrN4O2. The summed E-state index contributed by atoms with van der Waals surface area (Å²) in [5.41, 5.74) is 3.35. The highest BCUT2D eigenvalue weighted by Crippen LogP contribution is 2.20. The molecular weight excluding hydrogens is 456 g/mol. The summed E-state index contributed by atoms with van der Waals surface area (Å²) in [6.45, 7) is 2.99. The number of imidazole rings is 1. The van der Waals surface area contributed by atoms with Gasteiger partial charge >= 0.3 is 0 Å². The van der Waals surface area contributed by atoms with Gasteiger partial charge in [-0.1, -0.05) is 36.4 Å². The summed E-state index contributed by atoms with van der Waals surface area (Å²) in [7, 11) is 0. The zero-order chi connectivity index (χ0) is 21.8. The van der Waals surface area contributed by atoms with Crippen molar-refractivity contribution in [2.75, 3.05) is 11.9 Å². The fourth-order valence-corrected chi connectivity index (χ4v) is 3.94. The molecule has 4 rings (SSSR count). The van der Waals surface area contributed by atoms with Crippen molar-refractivity contribution in [1.29, 1.82) is 0 Å². The second-order valence-corrected chi connectivity index (χ2v) is 7.89. The average molecular weight is 477 g/mol. The first-order valence-corrected chi connectivity index (χ1v) is 10.7. The van der Waals surface area contributed by atoms with Gasteiger partial charge in [0.25, 0.3) is 11.8 Å². The van der Waals surface area contributed by atoms with Gasteiger partial charge in [0, 0.05) is 17.6 Å². The Morgan fingerprint density at radius 2 is 1.58 bits per heavy atom. The van der Waals surface area contributed by atoms with Crippen LogP contribution in [0.15, 0.2) is 77.3 Å². The second kappa shape index (κ2) is 9.14. The van der Waals surface area contributed by atoms with Crippen molar-refractivity contribution < 1.29 is 9.59 Å². The van der Waals surface area contributed by atoms with E-state index in [1.165, 1.54) is 0 Å². The number of nitrogens with zero attached hydrogens (tertiary/aromatic N) is 2. The molecule has 0 radical (unpaired) electrons. The number of para-hydroxylation sites is 3. The highest BCUT2D eigenvalue weighted by molar-refractivity contribution is 9.10. The van der Waals surface area contributed by atoms with Gasteiger partial charge in [-0.05, 0) is 59.3 Å². The van der Waals surface area contributed by atoms with E-state index in [0.29, 0.717) is 34.4 Å². The minimum atomic E-state index is -0.284. The van der Waals surface area contributed by atoms with Crippen LogP contribution < -0.4 is 10.6 Å². The van der Waals surface area contributed by atoms with Crippen molar-refractivity contribution in [3.05, 3.63) is 94.2 Å². The lowest BCUT2D eigenvalue weighted by atomic mass is 10.1. The van der Waals surface area contributed by atoms with Crippen molar-refractivity contribution >= 4 is 44.5 Å². The molecule has 7 heteroatoms. The maximum atomic E-state index is 12.8. The van der Waals surface area contributed by atoms with E-state index in [1.54, 1.807) is 42.5 Å². The summed E-state index contributed by atoms with van der Waals surface area (Å²) in [6.07, 6.45) is 0. The van der Waals surface area contributed by atoms with E-state index < -0.39 is 0 Å². The van der Waals surface area contributed by atoms with Crippen LogP contribution in [0.25, 0.3) is 11.0 Å². The molecule has 0 saturated carbocycles. The maximum Gasteiger partial charge on any atom is 0.256 e. The smallest absolute Gasteiger partial charge is 0.256 e. The summed E-state index contributed by atoms with van der Waals surface area (Å²) in [4.78, 5) is 30.0. The zero-order valence-electron chi connectivity index (χ0n) is 16.9. The number of rotatable bonds is 6. The lowest BCUT2D eigenvalue weighted by Gasteiger charge is -2.13. The van der Waals surface area contributed by atoms with E-state index >= 15 is 0 Å². The summed E-state index contributed by atoms with van der Waals surface area (Å²) in [6, 6.07) is 22.1. The Morgan fingerprint density at radius 1 is 0.903 bits per heavy atom. The van der Waals surface area contributed by atoms with Crippen molar-refractivity contribution in [2.45, 2.75) is 13.5 Å². The molecule has 0 atom stereocenters. The number of carbonyl (C=O) groups is 2. The van der Waals surface area contributed by atoms with E-state index in [-0.39, 0.29) is 11.8 Å². The quantitative estimate of drug-likeness (QED) is 0.420. The molecule has 31 heavy (non-hydrogen) atoms. The minimum absolute atomic E-state index is 0.245. The first kappa shape index (κ1) is 20.8. The van der Waals surface area contributed by atoms with Gasteiger partial charge in [0.15, 0.2) is 0 Å². The van der Waals surface area contributed by atoms with Crippen LogP contribution in [0, 0.1) is 6.92 Å². The zero-order valence-corrected chi connectivity index (χ0v) is 18.5. The number of hydrogen-bond donors (Lipinski definition) is 2. The third kappa shape index (κ3) is 4.51. The number of amides is 2. The van der Waals surface area contributed by atoms with E-state index in [1.807, 2.05) is 37.3 Å². The van der Waals surface area contributed by atoms with E-state index in [9.17, 15) is 9.59 Å². The number of fused-ring (bicyclic) bond motifs is 1. The first-order valence-electron chi connectivity index (χ1n) is 9.89. The Bertz CT molecular complexity index is 1270. The van der Waals surface area contributed by atoms with Crippen molar-refractivity contribution in [2.24, 2.45) is 0 Å². The van der Waals surface area contributed by atoms with Crippen LogP contribution in [0.5, 0.6) is 0 Å². The molecule has 0 aliphatic heterocycles. The van der Waals surface area contributed by atoms with Gasteiger partial charge in [-0.2, -0.15) is 0 Å². The molecule has 156 valence electrons. The maximum absolute atomic E-state index is 12.8. The standard InChI is InChI=1S/C24H21BrN4O2/c1-16-27-21-12-6-7-13-22(21)29(16)15-14-26-23(30)18-9-3-5-11-20(18)28-24(31)17-8-2-4-10-19(17)25/h2-13H,14-15H2,1H3,(H,26,30)(H,28,31). The Hall–Kier alpha value is -3.45. The molecule has 6 nitrogen and oxygen atoms in total. The second-order valence-electron chi connectivity index (χ2n) is 7.03. The number of hydrogen-bond acceptors (Lipinski definition) is 3. The first-order chi connectivity index (χ1) is 15.0. The molecule has 1 heterocycles. The highest BCUT2D eigenvalue weighted by atomic mass is 79.9. The van der Waals surface area contributed by atoms with Crippen LogP contribution in [-0.4, -0.2) is 27.9 Å². The normalized spacial score (nSPS) is 10.8. The summed E-state index contributed by atoms with van der Waals surface area (Å²) < 4.78 is 2.77. The molecule has 0 spiro atoms. The number of anilines is 1.